The Morgan fingerprint density at radius 1 is 1.18 bits per heavy atom. The van der Waals surface area contributed by atoms with E-state index in [0.717, 1.165) is 11.8 Å². The molecule has 0 aromatic heterocycles. The van der Waals surface area contributed by atoms with Crippen LogP contribution in [0.3, 0.4) is 0 Å². The van der Waals surface area contributed by atoms with Crippen molar-refractivity contribution in [3.63, 3.8) is 0 Å². The summed E-state index contributed by atoms with van der Waals surface area (Å²) in [5.41, 5.74) is 5.26. The highest BCUT2D eigenvalue weighted by atomic mass is 32.2. The van der Waals surface area contributed by atoms with Gasteiger partial charge in [0.1, 0.15) is 18.6 Å². The summed E-state index contributed by atoms with van der Waals surface area (Å²) in [6.45, 7) is -0.598. The van der Waals surface area contributed by atoms with Gasteiger partial charge >= 0.3 is 11.9 Å². The topological polar surface area (TPSA) is 179 Å². The van der Waals surface area contributed by atoms with Crippen LogP contribution >= 0.6 is 11.8 Å². The van der Waals surface area contributed by atoms with Gasteiger partial charge in [-0.1, -0.05) is 0 Å². The second-order valence-corrected chi connectivity index (χ2v) is 5.21. The lowest BCUT2D eigenvalue weighted by atomic mass is 10.1. The van der Waals surface area contributed by atoms with E-state index in [4.69, 9.17) is 21.1 Å². The van der Waals surface area contributed by atoms with Crippen LogP contribution in [0.25, 0.3) is 0 Å². The number of carbonyl (C=O) groups excluding carboxylic acids is 2. The van der Waals surface area contributed by atoms with Crippen LogP contribution < -0.4 is 16.4 Å². The smallest absolute Gasteiger partial charge is 0.322 e. The number of hydrogen-bond acceptors (Lipinski definition) is 7. The van der Waals surface area contributed by atoms with E-state index in [1.807, 2.05) is 0 Å². The van der Waals surface area contributed by atoms with Crippen LogP contribution in [0.1, 0.15) is 12.8 Å². The molecule has 126 valence electrons. The number of nitrogens with one attached hydrogen (secondary N) is 2. The molecule has 0 aliphatic rings. The quantitative estimate of drug-likeness (QED) is 0.223. The lowest BCUT2D eigenvalue weighted by molar-refractivity contribution is -0.139. The van der Waals surface area contributed by atoms with E-state index in [1.165, 1.54) is 0 Å². The maximum atomic E-state index is 11.7. The van der Waals surface area contributed by atoms with Crippen molar-refractivity contribution < 1.29 is 34.5 Å². The summed E-state index contributed by atoms with van der Waals surface area (Å²) in [7, 11) is 0. The molecule has 0 aromatic rings. The summed E-state index contributed by atoms with van der Waals surface area (Å²) in [6, 6.07) is -2.22. The number of thioether (sulfide) groups is 1. The molecule has 2 amide bonds. The Morgan fingerprint density at radius 2 is 1.82 bits per heavy atom. The van der Waals surface area contributed by atoms with E-state index in [2.05, 4.69) is 10.6 Å². The highest BCUT2D eigenvalue weighted by molar-refractivity contribution is 7.99. The van der Waals surface area contributed by atoms with Gasteiger partial charge in [-0.2, -0.15) is 0 Å². The number of carbonyl (C=O) groups is 4. The third-order valence-corrected chi connectivity index (χ3v) is 3.19. The van der Waals surface area contributed by atoms with Crippen LogP contribution in [0.5, 0.6) is 0 Å². The summed E-state index contributed by atoms with van der Waals surface area (Å²) in [6.07, 6.45) is -0.294. The van der Waals surface area contributed by atoms with Crippen molar-refractivity contribution in [3.8, 4) is 0 Å². The number of amides is 2. The molecule has 7 N–H and O–H groups in total. The van der Waals surface area contributed by atoms with Gasteiger partial charge < -0.3 is 31.7 Å². The molecule has 0 radical (unpaired) electrons. The number of aliphatic hydroxyl groups is 1. The van der Waals surface area contributed by atoms with Crippen LogP contribution in [0.15, 0.2) is 0 Å². The monoisotopic (exact) mass is 337 g/mol. The molecule has 0 bridgehead atoms. The van der Waals surface area contributed by atoms with Gasteiger partial charge in [-0.3, -0.25) is 19.2 Å². The van der Waals surface area contributed by atoms with Gasteiger partial charge in [0.2, 0.25) is 11.8 Å². The Balaban J connectivity index is 4.43. The number of carboxylic acids is 2. The molecule has 0 rings (SSSR count). The number of aliphatic carboxylic acids is 2. The molecule has 0 aromatic carbocycles. The number of nitrogens with two attached hydrogens (primary N) is 1. The van der Waals surface area contributed by atoms with Crippen LogP contribution in [-0.2, 0) is 19.2 Å². The van der Waals surface area contributed by atoms with Crippen LogP contribution in [0, 0.1) is 0 Å². The number of carboxylic acid groups (broad SMARTS) is 2. The van der Waals surface area contributed by atoms with Gasteiger partial charge in [0.05, 0.1) is 5.94 Å². The van der Waals surface area contributed by atoms with Crippen molar-refractivity contribution >= 4 is 35.5 Å². The first-order chi connectivity index (χ1) is 10.3. The van der Waals surface area contributed by atoms with Gasteiger partial charge in [-0.25, -0.2) is 0 Å². The van der Waals surface area contributed by atoms with Crippen molar-refractivity contribution in [2.45, 2.75) is 24.9 Å². The molecule has 0 saturated heterocycles. The molecule has 0 fully saturated rings. The molecule has 2 atom stereocenters. The Labute approximate surface area is 130 Å². The fraction of sp³-hybridized carbons (Fsp3) is 0.636. The molecule has 0 spiro atoms. The van der Waals surface area contributed by atoms with E-state index in [9.17, 15) is 19.2 Å². The second-order valence-electron chi connectivity index (χ2n) is 4.21. The average Bonchev–Trinajstić information content (AvgIpc) is 2.46. The average molecular weight is 337 g/mol. The zero-order valence-corrected chi connectivity index (χ0v) is 12.5. The Kier molecular flexibility index (Phi) is 9.91. The largest absolute Gasteiger partial charge is 0.480 e. The summed E-state index contributed by atoms with van der Waals surface area (Å²) in [5, 5.41) is 30.3. The molecule has 11 heteroatoms. The first kappa shape index (κ1) is 20.1. The van der Waals surface area contributed by atoms with E-state index >= 15 is 0 Å². The molecule has 0 unspecified atom stereocenters. The predicted molar refractivity (Wildman–Crippen MR) is 77.0 cm³/mol. The molecule has 22 heavy (non-hydrogen) atoms. The van der Waals surface area contributed by atoms with Gasteiger partial charge in [-0.05, 0) is 6.42 Å². The van der Waals surface area contributed by atoms with E-state index in [-0.39, 0.29) is 24.5 Å². The van der Waals surface area contributed by atoms with E-state index < -0.39 is 42.4 Å². The third-order valence-electron chi connectivity index (χ3n) is 2.44. The van der Waals surface area contributed by atoms with Gasteiger partial charge in [0.15, 0.2) is 0 Å². The number of rotatable bonds is 11. The second kappa shape index (κ2) is 10.8. The number of aliphatic hydroxyl groups excluding tert-OH is 1. The molecule has 0 aliphatic carbocycles. The molecule has 0 aliphatic heterocycles. The summed E-state index contributed by atoms with van der Waals surface area (Å²) in [4.78, 5) is 44.3. The lowest BCUT2D eigenvalue weighted by Crippen LogP contribution is -2.49. The Hall–Kier alpha value is -1.85. The van der Waals surface area contributed by atoms with Crippen molar-refractivity contribution in [2.24, 2.45) is 5.73 Å². The van der Waals surface area contributed by atoms with E-state index in [1.54, 1.807) is 0 Å². The maximum Gasteiger partial charge on any atom is 0.322 e. The zero-order valence-electron chi connectivity index (χ0n) is 11.7. The zero-order chi connectivity index (χ0) is 17.1. The van der Waals surface area contributed by atoms with Crippen LogP contribution in [0.4, 0.5) is 0 Å². The van der Waals surface area contributed by atoms with Gasteiger partial charge in [0.25, 0.3) is 0 Å². The SMILES string of the molecule is N[C@H](CCC(=O)N[C@H](CSCO)C(=O)NCC(=O)O)C(=O)O. The highest BCUT2D eigenvalue weighted by Gasteiger charge is 2.22. The molecule has 0 heterocycles. The Bertz CT molecular complexity index is 418. The third kappa shape index (κ3) is 9.15. The minimum atomic E-state index is -1.24. The highest BCUT2D eigenvalue weighted by Crippen LogP contribution is 2.03. The van der Waals surface area contributed by atoms with Gasteiger partial charge in [0, 0.05) is 12.2 Å². The van der Waals surface area contributed by atoms with Crippen molar-refractivity contribution in [3.05, 3.63) is 0 Å². The normalized spacial score (nSPS) is 13.0. The summed E-state index contributed by atoms with van der Waals surface area (Å²) >= 11 is 0.964. The maximum absolute atomic E-state index is 11.7. The van der Waals surface area contributed by atoms with Crippen LogP contribution in [0.2, 0.25) is 0 Å². The molecule has 10 nitrogen and oxygen atoms in total. The van der Waals surface area contributed by atoms with Crippen LogP contribution in [-0.4, -0.2) is 69.4 Å². The van der Waals surface area contributed by atoms with Crippen molar-refractivity contribution in [2.75, 3.05) is 18.2 Å². The lowest BCUT2D eigenvalue weighted by Gasteiger charge is -2.17. The van der Waals surface area contributed by atoms with E-state index in [0.29, 0.717) is 0 Å². The standard InChI is InChI=1S/C11H19N3O7S/c12-6(11(20)21)1-2-8(16)14-7(4-22-5-15)10(19)13-3-9(17)18/h6-7,15H,1-5,12H2,(H,13,19)(H,14,16)(H,17,18)(H,20,21)/t6-,7-/m1/s1. The molecular weight excluding hydrogens is 318 g/mol. The predicted octanol–water partition coefficient (Wildman–Crippen LogP) is -2.45. The minimum absolute atomic E-state index is 0.0404. The number of hydrogen-bond donors (Lipinski definition) is 6. The molecule has 0 saturated carbocycles. The fourth-order valence-electron chi connectivity index (χ4n) is 1.32. The summed E-state index contributed by atoms with van der Waals surface area (Å²) < 4.78 is 0. The van der Waals surface area contributed by atoms with Crippen molar-refractivity contribution in [1.82, 2.24) is 10.6 Å². The first-order valence-corrected chi connectivity index (χ1v) is 7.39. The first-order valence-electron chi connectivity index (χ1n) is 6.23. The van der Waals surface area contributed by atoms with Crippen molar-refractivity contribution in [1.29, 1.82) is 0 Å². The Morgan fingerprint density at radius 3 is 2.32 bits per heavy atom. The van der Waals surface area contributed by atoms with Gasteiger partial charge in [-0.15, -0.1) is 11.8 Å². The minimum Gasteiger partial charge on any atom is -0.480 e. The summed E-state index contributed by atoms with van der Waals surface area (Å²) in [5.74, 6) is -4.01. The molecular formula is C11H19N3O7S. The fourth-order valence-corrected chi connectivity index (χ4v) is 1.89.